The van der Waals surface area contributed by atoms with Gasteiger partial charge in [-0.1, -0.05) is 24.3 Å². The Morgan fingerprint density at radius 1 is 0.818 bits per heavy atom. The maximum Gasteiger partial charge on any atom is 0.195 e. The number of benzene rings is 2. The van der Waals surface area contributed by atoms with Crippen LogP contribution in [0.4, 0.5) is 0 Å². The smallest absolute Gasteiger partial charge is 0.195 e. The van der Waals surface area contributed by atoms with E-state index in [2.05, 4.69) is 9.97 Å². The molecule has 0 saturated carbocycles. The molecule has 0 bridgehead atoms. The number of ketones is 1. The Morgan fingerprint density at radius 3 is 2.59 bits per heavy atom. The van der Waals surface area contributed by atoms with Gasteiger partial charge in [0, 0.05) is 39.9 Å². The van der Waals surface area contributed by atoms with Gasteiger partial charge >= 0.3 is 0 Å². The zero-order valence-corrected chi connectivity index (χ0v) is 11.6. The van der Waals surface area contributed by atoms with Gasteiger partial charge in [-0.05, 0) is 29.7 Å². The number of rotatable bonds is 0. The first-order chi connectivity index (χ1) is 10.8. The third-order valence-electron chi connectivity index (χ3n) is 4.28. The molecule has 5 rings (SSSR count). The van der Waals surface area contributed by atoms with Crippen LogP contribution >= 0.6 is 0 Å². The van der Waals surface area contributed by atoms with Gasteiger partial charge in [-0.25, -0.2) is 0 Å². The molecule has 3 nitrogen and oxygen atoms in total. The number of carbonyl (C=O) groups is 1. The highest BCUT2D eigenvalue weighted by Crippen LogP contribution is 2.42. The van der Waals surface area contributed by atoms with Crippen molar-refractivity contribution >= 4 is 27.5 Å². The van der Waals surface area contributed by atoms with Crippen molar-refractivity contribution in [1.29, 1.82) is 0 Å². The molecule has 22 heavy (non-hydrogen) atoms. The summed E-state index contributed by atoms with van der Waals surface area (Å²) < 4.78 is 0. The molecule has 0 saturated heterocycles. The number of carbonyl (C=O) groups excluding carboxylic acids is 1. The van der Waals surface area contributed by atoms with Gasteiger partial charge in [0.25, 0.3) is 0 Å². The molecule has 0 fully saturated rings. The molecule has 0 amide bonds. The molecule has 0 N–H and O–H groups in total. The second kappa shape index (κ2) is 3.98. The predicted molar refractivity (Wildman–Crippen MR) is 85.9 cm³/mol. The lowest BCUT2D eigenvalue weighted by atomic mass is 9.83. The third kappa shape index (κ3) is 1.33. The Hall–Kier alpha value is -3.07. The fraction of sp³-hybridized carbons (Fsp3) is 0. The first kappa shape index (κ1) is 11.6. The van der Waals surface area contributed by atoms with Gasteiger partial charge in [-0.15, -0.1) is 0 Å². The summed E-state index contributed by atoms with van der Waals surface area (Å²) >= 11 is 0. The van der Waals surface area contributed by atoms with Crippen LogP contribution in [0.2, 0.25) is 0 Å². The zero-order chi connectivity index (χ0) is 14.7. The van der Waals surface area contributed by atoms with E-state index in [0.29, 0.717) is 5.56 Å². The lowest BCUT2D eigenvalue weighted by molar-refractivity contribution is 0.104. The molecule has 102 valence electrons. The maximum absolute atomic E-state index is 12.8. The van der Waals surface area contributed by atoms with Gasteiger partial charge in [0.05, 0.1) is 11.2 Å². The van der Waals surface area contributed by atoms with E-state index in [1.54, 1.807) is 12.4 Å². The molecule has 0 radical (unpaired) electrons. The van der Waals surface area contributed by atoms with E-state index in [1.807, 2.05) is 48.5 Å². The maximum atomic E-state index is 12.8. The Bertz CT molecular complexity index is 1100. The van der Waals surface area contributed by atoms with Crippen LogP contribution in [0.25, 0.3) is 32.9 Å². The van der Waals surface area contributed by atoms with E-state index in [9.17, 15) is 4.79 Å². The van der Waals surface area contributed by atoms with Gasteiger partial charge in [-0.3, -0.25) is 14.8 Å². The minimum atomic E-state index is 0.0458. The van der Waals surface area contributed by atoms with Crippen LogP contribution in [0.1, 0.15) is 15.9 Å². The molecule has 0 atom stereocenters. The van der Waals surface area contributed by atoms with Crippen molar-refractivity contribution in [1.82, 2.24) is 9.97 Å². The van der Waals surface area contributed by atoms with E-state index in [-0.39, 0.29) is 5.78 Å². The average Bonchev–Trinajstić information content (AvgIpc) is 2.58. The quantitative estimate of drug-likeness (QED) is 0.403. The van der Waals surface area contributed by atoms with Gasteiger partial charge in [0.1, 0.15) is 0 Å². The van der Waals surface area contributed by atoms with E-state index in [4.69, 9.17) is 0 Å². The van der Waals surface area contributed by atoms with Gasteiger partial charge in [0.15, 0.2) is 5.78 Å². The van der Waals surface area contributed by atoms with Crippen molar-refractivity contribution in [3.8, 4) is 11.3 Å². The Morgan fingerprint density at radius 2 is 1.64 bits per heavy atom. The van der Waals surface area contributed by atoms with Crippen molar-refractivity contribution in [3.63, 3.8) is 0 Å². The lowest BCUT2D eigenvalue weighted by Crippen LogP contribution is -2.11. The summed E-state index contributed by atoms with van der Waals surface area (Å²) in [6, 6.07) is 15.5. The third-order valence-corrected chi connectivity index (χ3v) is 4.28. The average molecular weight is 282 g/mol. The molecular formula is C19H10N2O. The zero-order valence-electron chi connectivity index (χ0n) is 11.6. The Balaban J connectivity index is 2.14. The molecule has 0 aliphatic heterocycles. The minimum absolute atomic E-state index is 0.0458. The van der Waals surface area contributed by atoms with E-state index >= 15 is 0 Å². The second-order valence-corrected chi connectivity index (χ2v) is 5.45. The Labute approximate surface area is 126 Å². The number of nitrogens with zero attached hydrogens (tertiary/aromatic N) is 2. The molecule has 4 aromatic rings. The fourth-order valence-electron chi connectivity index (χ4n) is 3.36. The van der Waals surface area contributed by atoms with Gasteiger partial charge in [0.2, 0.25) is 0 Å². The molecule has 0 unspecified atom stereocenters. The number of hydrogen-bond donors (Lipinski definition) is 0. The van der Waals surface area contributed by atoms with Gasteiger partial charge in [-0.2, -0.15) is 0 Å². The standard InChI is InChI=1S/C19H10N2O/c22-19-13-5-1-4-11-10-15-12(6-2-8-20-15)17(16(11)13)18-14(19)7-3-9-21-18/h1-10H. The predicted octanol–water partition coefficient (Wildman–Crippen LogP) is 3.99. The number of pyridine rings is 2. The first-order valence-electron chi connectivity index (χ1n) is 7.15. The van der Waals surface area contributed by atoms with Crippen LogP contribution < -0.4 is 0 Å². The summed E-state index contributed by atoms with van der Waals surface area (Å²) in [4.78, 5) is 21.7. The fourth-order valence-corrected chi connectivity index (χ4v) is 3.36. The van der Waals surface area contributed by atoms with Crippen LogP contribution in [0, 0.1) is 0 Å². The molecular weight excluding hydrogens is 272 g/mol. The van der Waals surface area contributed by atoms with Crippen molar-refractivity contribution < 1.29 is 4.79 Å². The van der Waals surface area contributed by atoms with Crippen LogP contribution in [0.15, 0.2) is 60.9 Å². The largest absolute Gasteiger partial charge is 0.289 e. The summed E-state index contributed by atoms with van der Waals surface area (Å²) in [6.45, 7) is 0. The summed E-state index contributed by atoms with van der Waals surface area (Å²) in [5, 5.41) is 3.05. The minimum Gasteiger partial charge on any atom is -0.289 e. The van der Waals surface area contributed by atoms with Crippen molar-refractivity contribution in [2.24, 2.45) is 0 Å². The second-order valence-electron chi connectivity index (χ2n) is 5.45. The molecule has 2 heterocycles. The first-order valence-corrected chi connectivity index (χ1v) is 7.15. The number of fused-ring (bicyclic) bond motifs is 4. The SMILES string of the molecule is O=C1c2cccnc2-c2c3cccnc3cc3cccc1c23. The monoisotopic (exact) mass is 282 g/mol. The highest BCUT2D eigenvalue weighted by atomic mass is 16.1. The van der Waals surface area contributed by atoms with Crippen LogP contribution in [0.5, 0.6) is 0 Å². The van der Waals surface area contributed by atoms with Crippen LogP contribution in [-0.2, 0) is 0 Å². The number of hydrogen-bond acceptors (Lipinski definition) is 3. The number of aromatic nitrogens is 2. The van der Waals surface area contributed by atoms with Gasteiger partial charge < -0.3 is 0 Å². The topological polar surface area (TPSA) is 42.9 Å². The van der Waals surface area contributed by atoms with E-state index < -0.39 is 0 Å². The highest BCUT2D eigenvalue weighted by molar-refractivity contribution is 6.29. The van der Waals surface area contributed by atoms with Crippen molar-refractivity contribution in [2.75, 3.05) is 0 Å². The molecule has 3 heteroatoms. The summed E-state index contributed by atoms with van der Waals surface area (Å²) in [7, 11) is 0. The molecule has 2 aromatic carbocycles. The molecule has 0 spiro atoms. The van der Waals surface area contributed by atoms with Crippen LogP contribution in [-0.4, -0.2) is 15.8 Å². The van der Waals surface area contributed by atoms with E-state index in [1.165, 1.54) is 0 Å². The van der Waals surface area contributed by atoms with Crippen molar-refractivity contribution in [3.05, 3.63) is 72.1 Å². The summed E-state index contributed by atoms with van der Waals surface area (Å²) in [5.41, 5.74) is 4.12. The highest BCUT2D eigenvalue weighted by Gasteiger charge is 2.27. The van der Waals surface area contributed by atoms with E-state index in [0.717, 1.165) is 38.5 Å². The van der Waals surface area contributed by atoms with Crippen molar-refractivity contribution in [2.45, 2.75) is 0 Å². The molecule has 1 aliphatic carbocycles. The molecule has 1 aliphatic rings. The lowest BCUT2D eigenvalue weighted by Gasteiger charge is -2.20. The normalized spacial score (nSPS) is 12.6. The van der Waals surface area contributed by atoms with Crippen LogP contribution in [0.3, 0.4) is 0 Å². The summed E-state index contributed by atoms with van der Waals surface area (Å²) in [6.07, 6.45) is 3.53. The Kier molecular flexibility index (Phi) is 2.09. The summed E-state index contributed by atoms with van der Waals surface area (Å²) in [5.74, 6) is 0.0458. The molecule has 2 aromatic heterocycles.